The van der Waals surface area contributed by atoms with Gasteiger partial charge in [-0.25, -0.2) is 0 Å². The number of amides is 1. The molecule has 1 N–H and O–H groups in total. The van der Waals surface area contributed by atoms with Crippen molar-refractivity contribution in [2.75, 3.05) is 18.2 Å². The minimum atomic E-state index is -0.388. The van der Waals surface area contributed by atoms with Gasteiger partial charge >= 0.3 is 0 Å². The summed E-state index contributed by atoms with van der Waals surface area (Å²) in [6.07, 6.45) is -0.388. The third-order valence-electron chi connectivity index (χ3n) is 5.60. The molecule has 4 aromatic rings. The molecule has 3 aromatic carbocycles. The van der Waals surface area contributed by atoms with Gasteiger partial charge in [0.05, 0.1) is 18.6 Å². The molecule has 9 heteroatoms. The van der Waals surface area contributed by atoms with Crippen molar-refractivity contribution in [3.8, 4) is 17.2 Å². The van der Waals surface area contributed by atoms with Crippen LogP contribution in [0.4, 0.5) is 5.69 Å². The van der Waals surface area contributed by atoms with Crippen LogP contribution >= 0.6 is 27.7 Å². The molecule has 1 atom stereocenters. The maximum atomic E-state index is 12.8. The minimum absolute atomic E-state index is 0.129. The van der Waals surface area contributed by atoms with Crippen molar-refractivity contribution < 1.29 is 14.3 Å². The Balaban J connectivity index is 1.53. The first-order valence-corrected chi connectivity index (χ1v) is 13.1. The van der Waals surface area contributed by atoms with Crippen LogP contribution in [-0.2, 0) is 4.79 Å². The molecular formula is C27H27BrN4O3S. The van der Waals surface area contributed by atoms with Crippen LogP contribution in [0.1, 0.15) is 30.0 Å². The Bertz CT molecular complexity index is 1340. The number of hydrogen-bond acceptors (Lipinski definition) is 6. The number of halogens is 1. The van der Waals surface area contributed by atoms with Crippen LogP contribution in [0.15, 0.2) is 76.4 Å². The van der Waals surface area contributed by atoms with Crippen molar-refractivity contribution in [2.45, 2.75) is 32.0 Å². The highest BCUT2D eigenvalue weighted by atomic mass is 79.9. The molecule has 1 amide bonds. The van der Waals surface area contributed by atoms with Gasteiger partial charge in [0.15, 0.2) is 17.1 Å². The van der Waals surface area contributed by atoms with Crippen molar-refractivity contribution in [1.82, 2.24) is 14.8 Å². The zero-order valence-corrected chi connectivity index (χ0v) is 22.9. The molecule has 0 aliphatic carbocycles. The first-order chi connectivity index (χ1) is 17.4. The number of carbonyl (C=O) groups excluding carboxylic acids is 1. The van der Waals surface area contributed by atoms with E-state index in [1.807, 2.05) is 92.1 Å². The Labute approximate surface area is 223 Å². The average Bonchev–Trinajstić information content (AvgIpc) is 3.31. The molecule has 1 heterocycles. The average molecular weight is 568 g/mol. The first kappa shape index (κ1) is 25.8. The number of anilines is 1. The molecule has 0 fully saturated rings. The summed E-state index contributed by atoms with van der Waals surface area (Å²) in [7, 11) is 1.63. The Kier molecular flexibility index (Phi) is 8.32. The number of nitrogens with zero attached hydrogens (tertiary/aromatic N) is 3. The second-order valence-electron chi connectivity index (χ2n) is 8.20. The van der Waals surface area contributed by atoms with Crippen LogP contribution in [0, 0.1) is 13.8 Å². The van der Waals surface area contributed by atoms with E-state index in [9.17, 15) is 4.79 Å². The fourth-order valence-corrected chi connectivity index (χ4v) is 4.88. The predicted molar refractivity (Wildman–Crippen MR) is 146 cm³/mol. The van der Waals surface area contributed by atoms with Gasteiger partial charge in [0.25, 0.3) is 0 Å². The third-order valence-corrected chi connectivity index (χ3v) is 7.18. The van der Waals surface area contributed by atoms with E-state index in [4.69, 9.17) is 9.47 Å². The minimum Gasteiger partial charge on any atom is -0.497 e. The van der Waals surface area contributed by atoms with Gasteiger partial charge in [-0.2, -0.15) is 0 Å². The summed E-state index contributed by atoms with van der Waals surface area (Å²) in [5.41, 5.74) is 3.90. The van der Waals surface area contributed by atoms with E-state index < -0.39 is 0 Å². The molecule has 0 bridgehead atoms. The van der Waals surface area contributed by atoms with Crippen LogP contribution in [0.5, 0.6) is 11.5 Å². The summed E-state index contributed by atoms with van der Waals surface area (Å²) in [6.45, 7) is 5.98. The number of rotatable bonds is 9. The number of methoxy groups -OCH3 is 1. The number of nitrogens with one attached hydrogen (secondary N) is 1. The van der Waals surface area contributed by atoms with E-state index in [0.29, 0.717) is 16.7 Å². The predicted octanol–water partition coefficient (Wildman–Crippen LogP) is 6.53. The molecule has 7 nitrogen and oxygen atoms in total. The third kappa shape index (κ3) is 6.09. The standard InChI is InChI=1S/C27H27BrN4O3S/c1-17-14-23(28)24(15-18(17)2)29-25(33)16-36-27-31-30-26(32(27)20-8-6-5-7-9-20)19(3)35-22-12-10-21(34-4)11-13-22/h5-15,19H,16H2,1-4H3,(H,29,33). The summed E-state index contributed by atoms with van der Waals surface area (Å²) in [5.74, 6) is 2.14. The highest BCUT2D eigenvalue weighted by Crippen LogP contribution is 2.30. The highest BCUT2D eigenvalue weighted by molar-refractivity contribution is 9.10. The number of para-hydroxylation sites is 1. The van der Waals surface area contributed by atoms with E-state index in [2.05, 4.69) is 31.4 Å². The van der Waals surface area contributed by atoms with Crippen molar-refractivity contribution in [3.05, 3.63) is 88.2 Å². The molecule has 1 unspecified atom stereocenters. The van der Waals surface area contributed by atoms with Gasteiger partial charge in [0.1, 0.15) is 11.5 Å². The molecule has 1 aromatic heterocycles. The summed E-state index contributed by atoms with van der Waals surface area (Å²) in [5, 5.41) is 12.4. The quantitative estimate of drug-likeness (QED) is 0.232. The largest absolute Gasteiger partial charge is 0.497 e. The molecule has 4 rings (SSSR count). The summed E-state index contributed by atoms with van der Waals surface area (Å²) in [4.78, 5) is 12.8. The van der Waals surface area contributed by atoms with Gasteiger partial charge in [-0.1, -0.05) is 30.0 Å². The summed E-state index contributed by atoms with van der Waals surface area (Å²) >= 11 is 4.86. The second-order valence-corrected chi connectivity index (χ2v) is 10.00. The normalized spacial score (nSPS) is 11.7. The van der Waals surface area contributed by atoms with Crippen LogP contribution < -0.4 is 14.8 Å². The maximum Gasteiger partial charge on any atom is 0.234 e. The zero-order chi connectivity index (χ0) is 25.7. The Morgan fingerprint density at radius 2 is 1.69 bits per heavy atom. The van der Waals surface area contributed by atoms with Gasteiger partial charge in [0, 0.05) is 10.2 Å². The Morgan fingerprint density at radius 1 is 1.03 bits per heavy atom. The maximum absolute atomic E-state index is 12.8. The van der Waals surface area contributed by atoms with Gasteiger partial charge in [-0.3, -0.25) is 9.36 Å². The van der Waals surface area contributed by atoms with E-state index in [0.717, 1.165) is 32.7 Å². The summed E-state index contributed by atoms with van der Waals surface area (Å²) < 4.78 is 14.1. The van der Waals surface area contributed by atoms with E-state index in [1.165, 1.54) is 11.8 Å². The molecule has 0 saturated carbocycles. The molecule has 186 valence electrons. The lowest BCUT2D eigenvalue weighted by Crippen LogP contribution is -2.16. The molecule has 0 spiro atoms. The van der Waals surface area contributed by atoms with Gasteiger partial charge in [0.2, 0.25) is 5.91 Å². The monoisotopic (exact) mass is 566 g/mol. The molecule has 36 heavy (non-hydrogen) atoms. The van der Waals surface area contributed by atoms with Gasteiger partial charge in [-0.05, 0) is 96.4 Å². The second kappa shape index (κ2) is 11.6. The van der Waals surface area contributed by atoms with Gasteiger partial charge in [-0.15, -0.1) is 10.2 Å². The van der Waals surface area contributed by atoms with Crippen LogP contribution in [-0.4, -0.2) is 33.5 Å². The Hall–Kier alpha value is -3.30. The van der Waals surface area contributed by atoms with Gasteiger partial charge < -0.3 is 14.8 Å². The van der Waals surface area contributed by atoms with Crippen molar-refractivity contribution in [3.63, 3.8) is 0 Å². The number of benzene rings is 3. The Morgan fingerprint density at radius 3 is 2.39 bits per heavy atom. The molecule has 0 radical (unpaired) electrons. The van der Waals surface area contributed by atoms with Crippen molar-refractivity contribution in [1.29, 1.82) is 0 Å². The molecule has 0 aliphatic heterocycles. The van der Waals surface area contributed by atoms with E-state index in [-0.39, 0.29) is 17.8 Å². The number of hydrogen-bond donors (Lipinski definition) is 1. The van der Waals surface area contributed by atoms with E-state index in [1.54, 1.807) is 7.11 Å². The summed E-state index contributed by atoms with van der Waals surface area (Å²) in [6, 6.07) is 21.2. The van der Waals surface area contributed by atoms with Crippen molar-refractivity contribution >= 4 is 39.3 Å². The first-order valence-electron chi connectivity index (χ1n) is 11.4. The highest BCUT2D eigenvalue weighted by Gasteiger charge is 2.22. The number of aromatic nitrogens is 3. The number of ether oxygens (including phenoxy) is 2. The molecule has 0 aliphatic rings. The number of carbonyl (C=O) groups is 1. The number of aryl methyl sites for hydroxylation is 2. The van der Waals surface area contributed by atoms with Crippen LogP contribution in [0.2, 0.25) is 0 Å². The lowest BCUT2D eigenvalue weighted by molar-refractivity contribution is -0.113. The number of thioether (sulfide) groups is 1. The lowest BCUT2D eigenvalue weighted by Gasteiger charge is -2.17. The lowest BCUT2D eigenvalue weighted by atomic mass is 10.1. The SMILES string of the molecule is COc1ccc(OC(C)c2nnc(SCC(=O)Nc3cc(C)c(C)cc3Br)n2-c2ccccc2)cc1. The molecular weight excluding hydrogens is 540 g/mol. The van der Waals surface area contributed by atoms with E-state index >= 15 is 0 Å². The fourth-order valence-electron chi connectivity index (χ4n) is 3.56. The zero-order valence-electron chi connectivity index (χ0n) is 20.5. The topological polar surface area (TPSA) is 78.3 Å². The van der Waals surface area contributed by atoms with Crippen molar-refractivity contribution in [2.24, 2.45) is 0 Å². The smallest absolute Gasteiger partial charge is 0.234 e. The molecule has 0 saturated heterocycles. The fraction of sp³-hybridized carbons (Fsp3) is 0.222. The van der Waals surface area contributed by atoms with Crippen LogP contribution in [0.25, 0.3) is 5.69 Å². The van der Waals surface area contributed by atoms with Crippen LogP contribution in [0.3, 0.4) is 0 Å².